The number of carboxylic acids is 1. The maximum Gasteiger partial charge on any atom is 0.303 e. The lowest BCUT2D eigenvalue weighted by Crippen LogP contribution is -2.39. The van der Waals surface area contributed by atoms with Gasteiger partial charge >= 0.3 is 5.97 Å². The molecule has 0 aromatic heterocycles. The molecule has 1 rings (SSSR count). The van der Waals surface area contributed by atoms with Gasteiger partial charge in [-0.15, -0.1) is 0 Å². The summed E-state index contributed by atoms with van der Waals surface area (Å²) in [5.74, 6) is -0.741. The summed E-state index contributed by atoms with van der Waals surface area (Å²) in [6.07, 6.45) is 0.835. The van der Waals surface area contributed by atoms with E-state index in [9.17, 15) is 4.79 Å². The molecule has 0 unspecified atom stereocenters. The van der Waals surface area contributed by atoms with Gasteiger partial charge < -0.3 is 10.4 Å². The van der Waals surface area contributed by atoms with Crippen LogP contribution in [-0.2, 0) is 11.3 Å². The van der Waals surface area contributed by atoms with Gasteiger partial charge in [-0.1, -0.05) is 29.8 Å². The summed E-state index contributed by atoms with van der Waals surface area (Å²) in [5, 5.41) is 12.1. The number of benzene rings is 1. The van der Waals surface area contributed by atoms with E-state index in [1.165, 1.54) is 11.1 Å². The van der Waals surface area contributed by atoms with Gasteiger partial charge in [0.05, 0.1) is 0 Å². The summed E-state index contributed by atoms with van der Waals surface area (Å²) in [6, 6.07) is 8.35. The fourth-order valence-electron chi connectivity index (χ4n) is 1.56. The lowest BCUT2D eigenvalue weighted by Gasteiger charge is -2.25. The maximum absolute atomic E-state index is 10.5. The molecule has 0 heterocycles. The first kappa shape index (κ1) is 13.7. The molecule has 3 nitrogen and oxygen atoms in total. The van der Waals surface area contributed by atoms with E-state index in [1.807, 2.05) is 13.8 Å². The third kappa shape index (κ3) is 5.50. The molecule has 0 aliphatic rings. The summed E-state index contributed by atoms with van der Waals surface area (Å²) in [4.78, 5) is 10.5. The fourth-order valence-corrected chi connectivity index (χ4v) is 1.56. The number of aryl methyl sites for hydroxylation is 1. The van der Waals surface area contributed by atoms with E-state index in [-0.39, 0.29) is 12.0 Å². The Morgan fingerprint density at radius 3 is 2.41 bits per heavy atom. The smallest absolute Gasteiger partial charge is 0.303 e. The Morgan fingerprint density at radius 1 is 1.29 bits per heavy atom. The van der Waals surface area contributed by atoms with Crippen molar-refractivity contribution in [1.82, 2.24) is 5.32 Å². The van der Waals surface area contributed by atoms with Crippen molar-refractivity contribution >= 4 is 5.97 Å². The van der Waals surface area contributed by atoms with Crippen LogP contribution < -0.4 is 5.32 Å². The van der Waals surface area contributed by atoms with Crippen LogP contribution in [0.15, 0.2) is 24.3 Å². The van der Waals surface area contributed by atoms with Crippen LogP contribution in [0.2, 0.25) is 0 Å². The number of aliphatic carboxylic acids is 1. The molecular formula is C14H21NO2. The molecule has 0 radical (unpaired) electrons. The predicted molar refractivity (Wildman–Crippen MR) is 69.0 cm³/mol. The summed E-state index contributed by atoms with van der Waals surface area (Å²) in [5.41, 5.74) is 2.32. The number of carboxylic acid groups (broad SMARTS) is 1. The summed E-state index contributed by atoms with van der Waals surface area (Å²) < 4.78 is 0. The van der Waals surface area contributed by atoms with Crippen molar-refractivity contribution in [2.24, 2.45) is 0 Å². The van der Waals surface area contributed by atoms with Gasteiger partial charge in [0.25, 0.3) is 0 Å². The zero-order valence-corrected chi connectivity index (χ0v) is 10.8. The first-order valence-corrected chi connectivity index (χ1v) is 5.91. The highest BCUT2D eigenvalue weighted by Gasteiger charge is 2.17. The van der Waals surface area contributed by atoms with Crippen molar-refractivity contribution in [2.75, 3.05) is 0 Å². The Kier molecular flexibility index (Phi) is 4.70. The molecule has 3 heteroatoms. The van der Waals surface area contributed by atoms with Gasteiger partial charge in [-0.2, -0.15) is 0 Å². The molecule has 0 amide bonds. The second-order valence-corrected chi connectivity index (χ2v) is 5.12. The van der Waals surface area contributed by atoms with Crippen molar-refractivity contribution in [1.29, 1.82) is 0 Å². The third-order valence-electron chi connectivity index (χ3n) is 2.86. The second-order valence-electron chi connectivity index (χ2n) is 5.12. The Morgan fingerprint density at radius 2 is 1.88 bits per heavy atom. The molecule has 0 aliphatic carbocycles. The van der Waals surface area contributed by atoms with Gasteiger partial charge in [-0.25, -0.2) is 0 Å². The van der Waals surface area contributed by atoms with E-state index in [1.54, 1.807) is 0 Å². The van der Waals surface area contributed by atoms with Crippen molar-refractivity contribution in [3.05, 3.63) is 35.4 Å². The van der Waals surface area contributed by atoms with Gasteiger partial charge in [0.15, 0.2) is 0 Å². The number of hydrogen-bond donors (Lipinski definition) is 2. The fraction of sp³-hybridized carbons (Fsp3) is 0.500. The van der Waals surface area contributed by atoms with Crippen molar-refractivity contribution in [3.8, 4) is 0 Å². The Balaban J connectivity index is 2.43. The molecule has 0 saturated carbocycles. The standard InChI is InChI=1S/C14H21NO2/c1-11-4-6-12(7-5-11)10-15-14(2,3)9-8-13(16)17/h4-7,15H,8-10H2,1-3H3,(H,16,17). The molecule has 1 aromatic rings. The minimum Gasteiger partial charge on any atom is -0.481 e. The maximum atomic E-state index is 10.5. The van der Waals surface area contributed by atoms with Crippen LogP contribution >= 0.6 is 0 Å². The van der Waals surface area contributed by atoms with Gasteiger partial charge in [0.1, 0.15) is 0 Å². The van der Waals surface area contributed by atoms with Crippen LogP contribution in [0.4, 0.5) is 0 Å². The van der Waals surface area contributed by atoms with Crippen molar-refractivity contribution in [3.63, 3.8) is 0 Å². The molecule has 0 aliphatic heterocycles. The average Bonchev–Trinajstić information content (AvgIpc) is 2.26. The van der Waals surface area contributed by atoms with Gasteiger partial charge in [0, 0.05) is 18.5 Å². The van der Waals surface area contributed by atoms with Crippen LogP contribution in [0.25, 0.3) is 0 Å². The van der Waals surface area contributed by atoms with Gasteiger partial charge in [-0.05, 0) is 32.8 Å². The third-order valence-corrected chi connectivity index (χ3v) is 2.86. The van der Waals surface area contributed by atoms with Crippen molar-refractivity contribution in [2.45, 2.75) is 45.7 Å². The van der Waals surface area contributed by atoms with E-state index >= 15 is 0 Å². The van der Waals surface area contributed by atoms with Crippen LogP contribution in [0.1, 0.15) is 37.8 Å². The summed E-state index contributed by atoms with van der Waals surface area (Å²) in [7, 11) is 0. The quantitative estimate of drug-likeness (QED) is 0.797. The Bertz CT molecular complexity index is 368. The average molecular weight is 235 g/mol. The van der Waals surface area contributed by atoms with E-state index < -0.39 is 5.97 Å². The normalized spacial score (nSPS) is 11.5. The monoisotopic (exact) mass is 235 g/mol. The van der Waals surface area contributed by atoms with Gasteiger partial charge in [0.2, 0.25) is 0 Å². The first-order valence-electron chi connectivity index (χ1n) is 5.91. The molecule has 17 heavy (non-hydrogen) atoms. The molecule has 0 saturated heterocycles. The van der Waals surface area contributed by atoms with Crippen LogP contribution in [-0.4, -0.2) is 16.6 Å². The minimum atomic E-state index is -0.741. The summed E-state index contributed by atoms with van der Waals surface area (Å²) >= 11 is 0. The van der Waals surface area contributed by atoms with E-state index in [4.69, 9.17) is 5.11 Å². The molecule has 1 aromatic carbocycles. The highest BCUT2D eigenvalue weighted by molar-refractivity contribution is 5.66. The highest BCUT2D eigenvalue weighted by Crippen LogP contribution is 2.13. The Labute approximate surface area is 103 Å². The lowest BCUT2D eigenvalue weighted by molar-refractivity contribution is -0.137. The van der Waals surface area contributed by atoms with E-state index in [0.29, 0.717) is 6.42 Å². The second kappa shape index (κ2) is 5.82. The minimum absolute atomic E-state index is 0.150. The number of nitrogens with one attached hydrogen (secondary N) is 1. The molecule has 0 fully saturated rings. The first-order chi connectivity index (χ1) is 7.89. The topological polar surface area (TPSA) is 49.3 Å². The molecule has 0 spiro atoms. The molecule has 2 N–H and O–H groups in total. The Hall–Kier alpha value is -1.35. The highest BCUT2D eigenvalue weighted by atomic mass is 16.4. The molecule has 0 bridgehead atoms. The van der Waals surface area contributed by atoms with Crippen molar-refractivity contribution < 1.29 is 9.90 Å². The van der Waals surface area contributed by atoms with Crippen LogP contribution in [0.3, 0.4) is 0 Å². The molecular weight excluding hydrogens is 214 g/mol. The number of hydrogen-bond acceptors (Lipinski definition) is 2. The zero-order chi connectivity index (χ0) is 12.9. The van der Waals surface area contributed by atoms with Crippen LogP contribution in [0.5, 0.6) is 0 Å². The van der Waals surface area contributed by atoms with Gasteiger partial charge in [-0.3, -0.25) is 4.79 Å². The number of carbonyl (C=O) groups is 1. The van der Waals surface area contributed by atoms with E-state index in [0.717, 1.165) is 6.54 Å². The molecule has 0 atom stereocenters. The SMILES string of the molecule is Cc1ccc(CNC(C)(C)CCC(=O)O)cc1. The zero-order valence-electron chi connectivity index (χ0n) is 10.8. The van der Waals surface area contributed by atoms with E-state index in [2.05, 4.69) is 36.5 Å². The largest absolute Gasteiger partial charge is 0.481 e. The van der Waals surface area contributed by atoms with Crippen LogP contribution in [0, 0.1) is 6.92 Å². The molecule has 94 valence electrons. The predicted octanol–water partition coefficient (Wildman–Crippen LogP) is 2.73. The number of rotatable bonds is 6. The summed E-state index contributed by atoms with van der Waals surface area (Å²) in [6.45, 7) is 6.90. The lowest BCUT2D eigenvalue weighted by atomic mass is 9.98.